The van der Waals surface area contributed by atoms with E-state index in [0.717, 1.165) is 32.4 Å². The molecule has 0 aromatic rings. The Balaban J connectivity index is 1.91. The minimum absolute atomic E-state index is 0.190. The maximum Gasteiger partial charge on any atom is 0.279 e. The van der Waals surface area contributed by atoms with E-state index < -0.39 is 10.2 Å². The van der Waals surface area contributed by atoms with Crippen LogP contribution >= 0.6 is 0 Å². The van der Waals surface area contributed by atoms with Gasteiger partial charge < -0.3 is 5.32 Å². The van der Waals surface area contributed by atoms with Crippen molar-refractivity contribution in [2.24, 2.45) is 0 Å². The van der Waals surface area contributed by atoms with E-state index in [1.807, 2.05) is 0 Å². The summed E-state index contributed by atoms with van der Waals surface area (Å²) in [4.78, 5) is 0. The fraction of sp³-hybridized carbons (Fsp3) is 1.00. The van der Waals surface area contributed by atoms with Gasteiger partial charge in [-0.2, -0.15) is 17.4 Å². The van der Waals surface area contributed by atoms with Crippen molar-refractivity contribution in [2.75, 3.05) is 26.2 Å². The molecule has 0 aromatic heterocycles. The van der Waals surface area contributed by atoms with E-state index in [-0.39, 0.29) is 6.04 Å². The highest BCUT2D eigenvalue weighted by atomic mass is 32.2. The normalized spacial score (nSPS) is 26.0. The summed E-state index contributed by atoms with van der Waals surface area (Å²) in [6.07, 6.45) is 3.13. The Hall–Kier alpha value is -0.170. The number of nitrogens with zero attached hydrogens (tertiary/aromatic N) is 1. The molecule has 2 fully saturated rings. The maximum absolute atomic E-state index is 11.8. The highest BCUT2D eigenvalue weighted by Gasteiger charge is 2.28. The van der Waals surface area contributed by atoms with Gasteiger partial charge in [0, 0.05) is 32.2 Å². The highest BCUT2D eigenvalue weighted by molar-refractivity contribution is 7.87. The van der Waals surface area contributed by atoms with Gasteiger partial charge in [-0.15, -0.1) is 0 Å². The molecule has 1 heterocycles. The smallest absolute Gasteiger partial charge is 0.279 e. The van der Waals surface area contributed by atoms with Crippen LogP contribution in [0.15, 0.2) is 0 Å². The molecule has 0 radical (unpaired) electrons. The summed E-state index contributed by atoms with van der Waals surface area (Å²) in [5, 5.41) is 3.13. The zero-order chi connectivity index (χ0) is 10.0. The van der Waals surface area contributed by atoms with Crippen molar-refractivity contribution in [1.82, 2.24) is 14.3 Å². The minimum atomic E-state index is -3.20. The predicted octanol–water partition coefficient (Wildman–Crippen LogP) is -0.721. The third kappa shape index (κ3) is 2.25. The number of hydrogen-bond donors (Lipinski definition) is 2. The van der Waals surface area contributed by atoms with Crippen LogP contribution in [-0.2, 0) is 10.2 Å². The second-order valence-electron chi connectivity index (χ2n) is 3.90. The first-order valence-electron chi connectivity index (χ1n) is 5.16. The molecule has 1 saturated carbocycles. The lowest BCUT2D eigenvalue weighted by Gasteiger charge is -2.32. The molecule has 2 rings (SSSR count). The lowest BCUT2D eigenvalue weighted by Crippen LogP contribution is -2.53. The number of rotatable bonds is 3. The molecule has 0 amide bonds. The van der Waals surface area contributed by atoms with Gasteiger partial charge in [0.1, 0.15) is 0 Å². The number of piperazine rings is 1. The van der Waals surface area contributed by atoms with Crippen LogP contribution < -0.4 is 10.0 Å². The fourth-order valence-electron chi connectivity index (χ4n) is 1.70. The van der Waals surface area contributed by atoms with Crippen LogP contribution in [0.5, 0.6) is 0 Å². The van der Waals surface area contributed by atoms with E-state index in [1.165, 1.54) is 4.31 Å². The second kappa shape index (κ2) is 4.14. The molecule has 2 aliphatic rings. The molecule has 6 heteroatoms. The van der Waals surface area contributed by atoms with Crippen molar-refractivity contribution in [1.29, 1.82) is 0 Å². The van der Waals surface area contributed by atoms with Crippen molar-refractivity contribution in [2.45, 2.75) is 25.3 Å². The molecule has 0 unspecified atom stereocenters. The Kier molecular flexibility index (Phi) is 3.06. The average Bonchev–Trinajstić information content (AvgIpc) is 2.13. The van der Waals surface area contributed by atoms with Gasteiger partial charge in [0.15, 0.2) is 0 Å². The van der Waals surface area contributed by atoms with Crippen molar-refractivity contribution in [3.63, 3.8) is 0 Å². The van der Waals surface area contributed by atoms with Gasteiger partial charge >= 0.3 is 0 Å². The Morgan fingerprint density at radius 2 is 1.86 bits per heavy atom. The van der Waals surface area contributed by atoms with Crippen LogP contribution in [0.4, 0.5) is 0 Å². The third-order valence-electron chi connectivity index (χ3n) is 2.84. The maximum atomic E-state index is 11.8. The first kappa shape index (κ1) is 10.4. The van der Waals surface area contributed by atoms with Crippen molar-refractivity contribution in [3.05, 3.63) is 0 Å². The van der Waals surface area contributed by atoms with Crippen LogP contribution in [0.3, 0.4) is 0 Å². The van der Waals surface area contributed by atoms with Crippen molar-refractivity contribution in [3.8, 4) is 0 Å². The number of hydrogen-bond acceptors (Lipinski definition) is 3. The standard InChI is InChI=1S/C8H17N3O2S/c12-14(13,10-8-2-1-3-8)11-6-4-9-5-7-11/h8-10H,1-7H2. The van der Waals surface area contributed by atoms with Gasteiger partial charge in [0.25, 0.3) is 10.2 Å². The topological polar surface area (TPSA) is 61.4 Å². The molecule has 0 spiro atoms. The Labute approximate surface area is 85.0 Å². The molecular weight excluding hydrogens is 202 g/mol. The molecule has 0 atom stereocenters. The molecule has 82 valence electrons. The molecule has 1 aliphatic heterocycles. The van der Waals surface area contributed by atoms with E-state index in [0.29, 0.717) is 13.1 Å². The van der Waals surface area contributed by atoms with Gasteiger partial charge in [-0.25, -0.2) is 0 Å². The van der Waals surface area contributed by atoms with E-state index in [4.69, 9.17) is 0 Å². The SMILES string of the molecule is O=S(=O)(NC1CCC1)N1CCNCC1. The van der Waals surface area contributed by atoms with Gasteiger partial charge in [-0.1, -0.05) is 6.42 Å². The predicted molar refractivity (Wildman–Crippen MR) is 54.1 cm³/mol. The summed E-state index contributed by atoms with van der Waals surface area (Å²) in [6, 6.07) is 0.190. The Morgan fingerprint density at radius 1 is 1.21 bits per heavy atom. The van der Waals surface area contributed by atoms with Gasteiger partial charge in [0.05, 0.1) is 0 Å². The quantitative estimate of drug-likeness (QED) is 0.658. The minimum Gasteiger partial charge on any atom is -0.314 e. The van der Waals surface area contributed by atoms with E-state index in [1.54, 1.807) is 0 Å². The van der Waals surface area contributed by atoms with E-state index in [9.17, 15) is 8.42 Å². The third-order valence-corrected chi connectivity index (χ3v) is 4.51. The van der Waals surface area contributed by atoms with Gasteiger partial charge in [0.2, 0.25) is 0 Å². The molecule has 14 heavy (non-hydrogen) atoms. The largest absolute Gasteiger partial charge is 0.314 e. The van der Waals surface area contributed by atoms with E-state index in [2.05, 4.69) is 10.0 Å². The summed E-state index contributed by atoms with van der Waals surface area (Å²) in [5.74, 6) is 0. The summed E-state index contributed by atoms with van der Waals surface area (Å²) < 4.78 is 27.8. The van der Waals surface area contributed by atoms with Crippen molar-refractivity contribution < 1.29 is 8.42 Å². The Morgan fingerprint density at radius 3 is 2.36 bits per heavy atom. The molecule has 0 bridgehead atoms. The first-order chi connectivity index (χ1) is 6.68. The van der Waals surface area contributed by atoms with Crippen LogP contribution in [0, 0.1) is 0 Å². The zero-order valence-electron chi connectivity index (χ0n) is 8.20. The van der Waals surface area contributed by atoms with Crippen LogP contribution in [0.2, 0.25) is 0 Å². The molecule has 1 saturated heterocycles. The monoisotopic (exact) mass is 219 g/mol. The fourth-order valence-corrected chi connectivity index (χ4v) is 3.17. The summed E-state index contributed by atoms with van der Waals surface area (Å²) in [6.45, 7) is 2.68. The van der Waals surface area contributed by atoms with Crippen LogP contribution in [-0.4, -0.2) is 44.9 Å². The summed E-state index contributed by atoms with van der Waals surface area (Å²) >= 11 is 0. The summed E-state index contributed by atoms with van der Waals surface area (Å²) in [5.41, 5.74) is 0. The van der Waals surface area contributed by atoms with Gasteiger partial charge in [-0.05, 0) is 12.8 Å². The molecule has 1 aliphatic carbocycles. The van der Waals surface area contributed by atoms with E-state index >= 15 is 0 Å². The Bertz CT molecular complexity index is 281. The van der Waals surface area contributed by atoms with Crippen molar-refractivity contribution >= 4 is 10.2 Å². The second-order valence-corrected chi connectivity index (χ2v) is 5.60. The average molecular weight is 219 g/mol. The lowest BCUT2D eigenvalue weighted by atomic mass is 9.94. The first-order valence-corrected chi connectivity index (χ1v) is 6.60. The van der Waals surface area contributed by atoms with Crippen LogP contribution in [0.25, 0.3) is 0 Å². The molecular formula is C8H17N3O2S. The molecule has 0 aromatic carbocycles. The van der Waals surface area contributed by atoms with Gasteiger partial charge in [-0.3, -0.25) is 0 Å². The molecule has 2 N–H and O–H groups in total. The summed E-state index contributed by atoms with van der Waals surface area (Å²) in [7, 11) is -3.20. The zero-order valence-corrected chi connectivity index (χ0v) is 9.02. The highest BCUT2D eigenvalue weighted by Crippen LogP contribution is 2.19. The lowest BCUT2D eigenvalue weighted by molar-refractivity contribution is 0.331. The number of nitrogens with one attached hydrogen (secondary N) is 2. The van der Waals surface area contributed by atoms with Crippen LogP contribution in [0.1, 0.15) is 19.3 Å². The molecule has 5 nitrogen and oxygen atoms in total.